The van der Waals surface area contributed by atoms with Crippen molar-refractivity contribution in [1.82, 2.24) is 10.3 Å². The van der Waals surface area contributed by atoms with Crippen LogP contribution in [-0.2, 0) is 0 Å². The summed E-state index contributed by atoms with van der Waals surface area (Å²) >= 11 is 0. The molecular formula is C17H26FN3. The molecule has 0 spiro atoms. The number of nitrogens with one attached hydrogen (secondary N) is 1. The Kier molecular flexibility index (Phi) is 4.57. The van der Waals surface area contributed by atoms with Gasteiger partial charge in [0.25, 0.3) is 0 Å². The van der Waals surface area contributed by atoms with Gasteiger partial charge in [0, 0.05) is 11.1 Å². The minimum absolute atomic E-state index is 0.0165. The Hall–Kier alpha value is -0.970. The number of piperidine rings is 1. The van der Waals surface area contributed by atoms with E-state index in [1.165, 1.54) is 32.1 Å². The van der Waals surface area contributed by atoms with Gasteiger partial charge in [-0.1, -0.05) is 37.5 Å². The fourth-order valence-corrected chi connectivity index (χ4v) is 4.36. The first-order chi connectivity index (χ1) is 10.3. The Morgan fingerprint density at radius 3 is 2.33 bits per heavy atom. The van der Waals surface area contributed by atoms with E-state index in [0.717, 1.165) is 25.9 Å². The van der Waals surface area contributed by atoms with Crippen molar-refractivity contribution >= 4 is 0 Å². The first-order valence-electron chi connectivity index (χ1n) is 8.23. The smallest absolute Gasteiger partial charge is 0.128 e. The third-order valence-electron chi connectivity index (χ3n) is 5.38. The van der Waals surface area contributed by atoms with E-state index in [2.05, 4.69) is 10.3 Å². The van der Waals surface area contributed by atoms with E-state index >= 15 is 0 Å². The van der Waals surface area contributed by atoms with E-state index in [1.54, 1.807) is 12.1 Å². The monoisotopic (exact) mass is 291 g/mol. The van der Waals surface area contributed by atoms with Crippen LogP contribution in [0.1, 0.15) is 56.6 Å². The molecule has 1 aliphatic heterocycles. The highest BCUT2D eigenvalue weighted by Gasteiger charge is 2.47. The largest absolute Gasteiger partial charge is 0.296 e. The van der Waals surface area contributed by atoms with Gasteiger partial charge >= 0.3 is 0 Å². The molecule has 0 bridgehead atoms. The molecule has 1 unspecified atom stereocenters. The summed E-state index contributed by atoms with van der Waals surface area (Å²) in [6.07, 6.45) is 8.44. The predicted molar refractivity (Wildman–Crippen MR) is 83.1 cm³/mol. The summed E-state index contributed by atoms with van der Waals surface area (Å²) in [5, 5.41) is 0. The van der Waals surface area contributed by atoms with Crippen LogP contribution in [0.3, 0.4) is 0 Å². The molecule has 116 valence electrons. The van der Waals surface area contributed by atoms with Crippen LogP contribution in [0.25, 0.3) is 0 Å². The molecule has 3 rings (SSSR count). The van der Waals surface area contributed by atoms with Crippen molar-refractivity contribution in [2.75, 3.05) is 13.1 Å². The van der Waals surface area contributed by atoms with Crippen molar-refractivity contribution in [2.45, 2.75) is 56.5 Å². The molecule has 21 heavy (non-hydrogen) atoms. The molecule has 0 radical (unpaired) electrons. The van der Waals surface area contributed by atoms with Gasteiger partial charge in [-0.25, -0.2) is 4.39 Å². The Balaban J connectivity index is 1.96. The van der Waals surface area contributed by atoms with Crippen LogP contribution in [0.4, 0.5) is 4.39 Å². The summed E-state index contributed by atoms with van der Waals surface area (Å²) in [6.45, 7) is 2.24. The first kappa shape index (κ1) is 14.9. The van der Waals surface area contributed by atoms with E-state index in [1.807, 2.05) is 12.1 Å². The van der Waals surface area contributed by atoms with Crippen molar-refractivity contribution in [3.8, 4) is 0 Å². The van der Waals surface area contributed by atoms with Crippen LogP contribution in [0.5, 0.6) is 0 Å². The lowest BCUT2D eigenvalue weighted by atomic mass is 9.81. The number of hydrogen-bond donors (Lipinski definition) is 2. The Bertz CT molecular complexity index is 465. The van der Waals surface area contributed by atoms with Crippen LogP contribution in [0, 0.1) is 5.82 Å². The summed E-state index contributed by atoms with van der Waals surface area (Å²) in [6, 6.07) is 6.94. The topological polar surface area (TPSA) is 41.3 Å². The van der Waals surface area contributed by atoms with Crippen LogP contribution in [0.2, 0.25) is 0 Å². The van der Waals surface area contributed by atoms with E-state index in [0.29, 0.717) is 5.56 Å². The lowest BCUT2D eigenvalue weighted by Gasteiger charge is -2.48. The normalized spacial score (nSPS) is 24.1. The number of likely N-dealkylation sites (tertiary alicyclic amines) is 1. The van der Waals surface area contributed by atoms with Crippen molar-refractivity contribution in [3.63, 3.8) is 0 Å². The number of nitrogens with two attached hydrogens (primary N) is 1. The third kappa shape index (κ3) is 2.72. The SMILES string of the molecule is NNC(c1ccccc1F)C1(N2CCCCC2)CCCC1. The maximum atomic E-state index is 14.3. The van der Waals surface area contributed by atoms with Gasteiger partial charge < -0.3 is 0 Å². The lowest BCUT2D eigenvalue weighted by Crippen LogP contribution is -2.57. The first-order valence-corrected chi connectivity index (χ1v) is 8.23. The zero-order valence-corrected chi connectivity index (χ0v) is 12.7. The standard InChI is InChI=1S/C17H26FN3/c18-15-9-3-2-8-14(15)16(20-19)17(10-4-5-11-17)21-12-6-1-7-13-21/h2-3,8-9,16,20H,1,4-7,10-13,19H2. The van der Waals surface area contributed by atoms with Crippen molar-refractivity contribution < 1.29 is 4.39 Å². The lowest BCUT2D eigenvalue weighted by molar-refractivity contribution is 0.0349. The van der Waals surface area contributed by atoms with Crippen molar-refractivity contribution in [1.29, 1.82) is 0 Å². The Labute approximate surface area is 126 Å². The van der Waals surface area contributed by atoms with Gasteiger partial charge in [-0.2, -0.15) is 0 Å². The van der Waals surface area contributed by atoms with E-state index in [-0.39, 0.29) is 17.4 Å². The average molecular weight is 291 g/mol. The molecule has 2 aliphatic rings. The molecule has 3 nitrogen and oxygen atoms in total. The van der Waals surface area contributed by atoms with Crippen LogP contribution < -0.4 is 11.3 Å². The molecule has 1 aromatic carbocycles. The highest BCUT2D eigenvalue weighted by Crippen LogP contribution is 2.45. The fraction of sp³-hybridized carbons (Fsp3) is 0.647. The second kappa shape index (κ2) is 6.42. The van der Waals surface area contributed by atoms with Gasteiger partial charge in [0.1, 0.15) is 5.82 Å². The minimum Gasteiger partial charge on any atom is -0.296 e. The summed E-state index contributed by atoms with van der Waals surface area (Å²) < 4.78 is 14.3. The molecule has 1 saturated heterocycles. The summed E-state index contributed by atoms with van der Waals surface area (Å²) in [5.74, 6) is 5.75. The summed E-state index contributed by atoms with van der Waals surface area (Å²) in [7, 11) is 0. The van der Waals surface area contributed by atoms with Crippen molar-refractivity contribution in [2.24, 2.45) is 5.84 Å². The molecule has 4 heteroatoms. The zero-order valence-electron chi connectivity index (χ0n) is 12.7. The molecule has 1 aromatic rings. The Morgan fingerprint density at radius 2 is 1.71 bits per heavy atom. The second-order valence-corrected chi connectivity index (χ2v) is 6.48. The molecule has 0 amide bonds. The molecular weight excluding hydrogens is 265 g/mol. The zero-order chi connectivity index (χ0) is 14.7. The van der Waals surface area contributed by atoms with Gasteiger partial charge in [-0.15, -0.1) is 0 Å². The van der Waals surface area contributed by atoms with Gasteiger partial charge in [-0.3, -0.25) is 16.2 Å². The van der Waals surface area contributed by atoms with Gasteiger partial charge in [0.2, 0.25) is 0 Å². The van der Waals surface area contributed by atoms with Crippen LogP contribution in [-0.4, -0.2) is 23.5 Å². The predicted octanol–water partition coefficient (Wildman–Crippen LogP) is 3.13. The quantitative estimate of drug-likeness (QED) is 0.661. The average Bonchev–Trinajstić information content (AvgIpc) is 3.01. The van der Waals surface area contributed by atoms with Gasteiger partial charge in [-0.05, 0) is 44.8 Å². The molecule has 1 heterocycles. The van der Waals surface area contributed by atoms with E-state index < -0.39 is 0 Å². The third-order valence-corrected chi connectivity index (χ3v) is 5.38. The molecule has 0 aromatic heterocycles. The highest BCUT2D eigenvalue weighted by atomic mass is 19.1. The number of halogens is 1. The minimum atomic E-state index is -0.149. The fourth-order valence-electron chi connectivity index (χ4n) is 4.36. The number of rotatable bonds is 4. The number of nitrogens with zero attached hydrogens (tertiary/aromatic N) is 1. The maximum Gasteiger partial charge on any atom is 0.128 e. The molecule has 1 saturated carbocycles. The molecule has 2 fully saturated rings. The van der Waals surface area contributed by atoms with Crippen molar-refractivity contribution in [3.05, 3.63) is 35.6 Å². The summed E-state index contributed by atoms with van der Waals surface area (Å²) in [5.41, 5.74) is 3.66. The van der Waals surface area contributed by atoms with E-state index in [4.69, 9.17) is 5.84 Å². The van der Waals surface area contributed by atoms with Crippen LogP contribution >= 0.6 is 0 Å². The number of hydrogen-bond acceptors (Lipinski definition) is 3. The highest BCUT2D eigenvalue weighted by molar-refractivity contribution is 5.26. The van der Waals surface area contributed by atoms with E-state index in [9.17, 15) is 4.39 Å². The van der Waals surface area contributed by atoms with Crippen LogP contribution in [0.15, 0.2) is 24.3 Å². The number of hydrazine groups is 1. The number of benzene rings is 1. The van der Waals surface area contributed by atoms with Gasteiger partial charge in [0.05, 0.1) is 6.04 Å². The second-order valence-electron chi connectivity index (χ2n) is 6.48. The molecule has 3 N–H and O–H groups in total. The Morgan fingerprint density at radius 1 is 1.05 bits per heavy atom. The molecule has 1 aliphatic carbocycles. The maximum absolute atomic E-state index is 14.3. The van der Waals surface area contributed by atoms with Gasteiger partial charge in [0.15, 0.2) is 0 Å². The summed E-state index contributed by atoms with van der Waals surface area (Å²) in [4.78, 5) is 2.58. The molecule has 1 atom stereocenters.